The predicted octanol–water partition coefficient (Wildman–Crippen LogP) is 1.07. The highest BCUT2D eigenvalue weighted by atomic mass is 16.5. The van der Waals surface area contributed by atoms with Gasteiger partial charge in [0.1, 0.15) is 0 Å². The summed E-state index contributed by atoms with van der Waals surface area (Å²) in [5.41, 5.74) is 6.08. The number of methoxy groups -OCH3 is 1. The molecule has 0 aromatic heterocycles. The van der Waals surface area contributed by atoms with E-state index in [2.05, 4.69) is 11.7 Å². The van der Waals surface area contributed by atoms with Crippen LogP contribution in [0.3, 0.4) is 0 Å². The van der Waals surface area contributed by atoms with Crippen LogP contribution in [0.5, 0.6) is 0 Å². The van der Waals surface area contributed by atoms with Crippen LogP contribution in [0.2, 0.25) is 0 Å². The third kappa shape index (κ3) is 1.78. The maximum atomic E-state index is 10.9. The topological polar surface area (TPSA) is 52.3 Å². The number of nitrogens with two attached hydrogens (primary N) is 1. The van der Waals surface area contributed by atoms with Gasteiger partial charge < -0.3 is 10.5 Å². The lowest BCUT2D eigenvalue weighted by atomic mass is 9.65. The first kappa shape index (κ1) is 9.52. The standard InChI is InChI=1S/C9H17NO2/c1-9(4-3-5-9)7(10)6-8(11)12-2/h7H,3-6,10H2,1-2H3. The molecule has 1 rings (SSSR count). The van der Waals surface area contributed by atoms with Gasteiger partial charge in [0.15, 0.2) is 0 Å². The summed E-state index contributed by atoms with van der Waals surface area (Å²) in [4.78, 5) is 10.9. The van der Waals surface area contributed by atoms with E-state index < -0.39 is 0 Å². The highest BCUT2D eigenvalue weighted by Gasteiger charge is 2.38. The smallest absolute Gasteiger partial charge is 0.307 e. The Bertz CT molecular complexity index is 175. The predicted molar refractivity (Wildman–Crippen MR) is 46.6 cm³/mol. The minimum Gasteiger partial charge on any atom is -0.469 e. The Morgan fingerprint density at radius 2 is 2.25 bits per heavy atom. The highest BCUT2D eigenvalue weighted by molar-refractivity contribution is 5.70. The number of hydrogen-bond acceptors (Lipinski definition) is 3. The molecule has 70 valence electrons. The van der Waals surface area contributed by atoms with Gasteiger partial charge in [-0.05, 0) is 18.3 Å². The largest absolute Gasteiger partial charge is 0.469 e. The molecule has 0 saturated heterocycles. The maximum Gasteiger partial charge on any atom is 0.307 e. The first-order valence-electron chi connectivity index (χ1n) is 4.41. The average molecular weight is 171 g/mol. The van der Waals surface area contributed by atoms with Gasteiger partial charge in [-0.25, -0.2) is 0 Å². The molecule has 1 fully saturated rings. The van der Waals surface area contributed by atoms with Crippen molar-refractivity contribution in [1.82, 2.24) is 0 Å². The van der Waals surface area contributed by atoms with Crippen LogP contribution in [0.15, 0.2) is 0 Å². The fourth-order valence-electron chi connectivity index (χ4n) is 1.61. The summed E-state index contributed by atoms with van der Waals surface area (Å²) in [5.74, 6) is -0.198. The van der Waals surface area contributed by atoms with Crippen LogP contribution in [-0.4, -0.2) is 19.1 Å². The fraction of sp³-hybridized carbons (Fsp3) is 0.889. The molecular weight excluding hydrogens is 154 g/mol. The van der Waals surface area contributed by atoms with Crippen LogP contribution in [0.25, 0.3) is 0 Å². The van der Waals surface area contributed by atoms with Crippen molar-refractivity contribution in [3.63, 3.8) is 0 Å². The Hall–Kier alpha value is -0.570. The van der Waals surface area contributed by atoms with Gasteiger partial charge in [0.25, 0.3) is 0 Å². The zero-order valence-corrected chi connectivity index (χ0v) is 7.80. The number of carbonyl (C=O) groups excluding carboxylic acids is 1. The summed E-state index contributed by atoms with van der Waals surface area (Å²) in [7, 11) is 1.40. The van der Waals surface area contributed by atoms with E-state index in [1.54, 1.807) is 0 Å². The molecule has 3 heteroatoms. The van der Waals surface area contributed by atoms with E-state index in [9.17, 15) is 4.79 Å². The van der Waals surface area contributed by atoms with Crippen molar-refractivity contribution in [2.45, 2.75) is 38.6 Å². The van der Waals surface area contributed by atoms with Crippen LogP contribution >= 0.6 is 0 Å². The van der Waals surface area contributed by atoms with Gasteiger partial charge in [0.2, 0.25) is 0 Å². The van der Waals surface area contributed by atoms with Gasteiger partial charge in [-0.1, -0.05) is 13.3 Å². The van der Waals surface area contributed by atoms with Gasteiger partial charge in [0, 0.05) is 6.04 Å². The van der Waals surface area contributed by atoms with Crippen LogP contribution in [0.4, 0.5) is 0 Å². The molecule has 0 aromatic rings. The van der Waals surface area contributed by atoms with E-state index in [4.69, 9.17) is 5.73 Å². The van der Waals surface area contributed by atoms with Crippen LogP contribution < -0.4 is 5.73 Å². The van der Waals surface area contributed by atoms with E-state index in [0.717, 1.165) is 12.8 Å². The Morgan fingerprint density at radius 1 is 1.67 bits per heavy atom. The van der Waals surface area contributed by atoms with Crippen molar-refractivity contribution in [3.05, 3.63) is 0 Å². The molecular formula is C9H17NO2. The lowest BCUT2D eigenvalue weighted by Crippen LogP contribution is -2.45. The van der Waals surface area contributed by atoms with Crippen LogP contribution in [0, 0.1) is 5.41 Å². The monoisotopic (exact) mass is 171 g/mol. The Kier molecular flexibility index (Phi) is 2.73. The molecule has 0 aliphatic heterocycles. The molecule has 0 heterocycles. The van der Waals surface area contributed by atoms with E-state index in [1.165, 1.54) is 13.5 Å². The number of rotatable bonds is 3. The molecule has 0 bridgehead atoms. The van der Waals surface area contributed by atoms with Crippen molar-refractivity contribution < 1.29 is 9.53 Å². The molecule has 1 atom stereocenters. The van der Waals surface area contributed by atoms with Gasteiger partial charge in [-0.15, -0.1) is 0 Å². The number of hydrogen-bond donors (Lipinski definition) is 1. The molecule has 0 amide bonds. The molecule has 0 aromatic carbocycles. The lowest BCUT2D eigenvalue weighted by Gasteiger charge is -2.42. The molecule has 0 spiro atoms. The molecule has 3 nitrogen and oxygen atoms in total. The maximum absolute atomic E-state index is 10.9. The normalized spacial score (nSPS) is 22.6. The third-order valence-electron chi connectivity index (χ3n) is 3.01. The quantitative estimate of drug-likeness (QED) is 0.646. The van der Waals surface area contributed by atoms with Crippen LogP contribution in [-0.2, 0) is 9.53 Å². The summed E-state index contributed by atoms with van der Waals surface area (Å²) in [5, 5.41) is 0. The minimum atomic E-state index is -0.198. The average Bonchev–Trinajstić information content (AvgIpc) is 1.99. The zero-order valence-electron chi connectivity index (χ0n) is 7.80. The molecule has 1 aliphatic rings. The molecule has 12 heavy (non-hydrogen) atoms. The fourth-order valence-corrected chi connectivity index (χ4v) is 1.61. The van der Waals surface area contributed by atoms with E-state index in [1.807, 2.05) is 0 Å². The summed E-state index contributed by atoms with van der Waals surface area (Å²) >= 11 is 0. The number of carbonyl (C=O) groups is 1. The summed E-state index contributed by atoms with van der Waals surface area (Å²) < 4.78 is 4.57. The van der Waals surface area contributed by atoms with E-state index in [-0.39, 0.29) is 17.4 Å². The molecule has 0 radical (unpaired) electrons. The first-order chi connectivity index (χ1) is 5.58. The second kappa shape index (κ2) is 3.44. The SMILES string of the molecule is COC(=O)CC(N)C1(C)CCC1. The third-order valence-corrected chi connectivity index (χ3v) is 3.01. The van der Waals surface area contributed by atoms with Crippen molar-refractivity contribution >= 4 is 5.97 Å². The number of ether oxygens (including phenoxy) is 1. The van der Waals surface area contributed by atoms with Crippen molar-refractivity contribution in [2.24, 2.45) is 11.1 Å². The van der Waals surface area contributed by atoms with Gasteiger partial charge in [-0.2, -0.15) is 0 Å². The van der Waals surface area contributed by atoms with Gasteiger partial charge >= 0.3 is 5.97 Å². The lowest BCUT2D eigenvalue weighted by molar-refractivity contribution is -0.142. The van der Waals surface area contributed by atoms with Gasteiger partial charge in [0.05, 0.1) is 13.5 Å². The summed E-state index contributed by atoms with van der Waals surface area (Å²) in [6.45, 7) is 2.14. The molecule has 1 saturated carbocycles. The van der Waals surface area contributed by atoms with Crippen LogP contribution in [0.1, 0.15) is 32.6 Å². The molecule has 2 N–H and O–H groups in total. The van der Waals surface area contributed by atoms with Crippen molar-refractivity contribution in [3.8, 4) is 0 Å². The number of esters is 1. The summed E-state index contributed by atoms with van der Waals surface area (Å²) in [6, 6.07) is -0.0290. The first-order valence-corrected chi connectivity index (χ1v) is 4.41. The van der Waals surface area contributed by atoms with E-state index in [0.29, 0.717) is 6.42 Å². The Balaban J connectivity index is 2.37. The highest BCUT2D eigenvalue weighted by Crippen LogP contribution is 2.43. The zero-order chi connectivity index (χ0) is 9.19. The van der Waals surface area contributed by atoms with Crippen molar-refractivity contribution in [1.29, 1.82) is 0 Å². The van der Waals surface area contributed by atoms with Gasteiger partial charge in [-0.3, -0.25) is 4.79 Å². The molecule has 1 aliphatic carbocycles. The minimum absolute atomic E-state index is 0.0290. The molecule has 1 unspecified atom stereocenters. The second-order valence-corrected chi connectivity index (χ2v) is 3.89. The Morgan fingerprint density at radius 3 is 2.58 bits per heavy atom. The second-order valence-electron chi connectivity index (χ2n) is 3.89. The Labute approximate surface area is 73.3 Å². The summed E-state index contributed by atoms with van der Waals surface area (Å²) in [6.07, 6.45) is 3.88. The van der Waals surface area contributed by atoms with Crippen molar-refractivity contribution in [2.75, 3.05) is 7.11 Å². The van der Waals surface area contributed by atoms with E-state index >= 15 is 0 Å².